The van der Waals surface area contributed by atoms with Crippen molar-refractivity contribution in [3.63, 3.8) is 0 Å². The number of ether oxygens (including phenoxy) is 3. The molecule has 0 aromatic rings. The molecule has 0 aliphatic rings. The van der Waals surface area contributed by atoms with Gasteiger partial charge in [0, 0.05) is 12.5 Å². The van der Waals surface area contributed by atoms with Crippen LogP contribution in [0.25, 0.3) is 0 Å². The molecule has 0 bridgehead atoms. The maximum absolute atomic E-state index is 12.0. The van der Waals surface area contributed by atoms with E-state index in [1.807, 2.05) is 5.32 Å². The summed E-state index contributed by atoms with van der Waals surface area (Å²) in [5, 5.41) is 31.4. The molecule has 9 nitrogen and oxygen atoms in total. The second-order valence-corrected chi connectivity index (χ2v) is 5.48. The van der Waals surface area contributed by atoms with Gasteiger partial charge in [-0.3, -0.25) is 5.32 Å². The number of esters is 1. The molecule has 0 saturated heterocycles. The van der Waals surface area contributed by atoms with Crippen molar-refractivity contribution in [1.82, 2.24) is 5.32 Å². The third-order valence-corrected chi connectivity index (χ3v) is 3.18. The van der Waals surface area contributed by atoms with Gasteiger partial charge in [-0.15, -0.1) is 0 Å². The Bertz CT molecular complexity index is 544. The van der Waals surface area contributed by atoms with E-state index in [4.69, 9.17) is 14.2 Å². The fourth-order valence-corrected chi connectivity index (χ4v) is 1.65. The van der Waals surface area contributed by atoms with E-state index in [9.17, 15) is 24.9 Å². The molecule has 9 heteroatoms. The van der Waals surface area contributed by atoms with E-state index in [0.29, 0.717) is 12.0 Å². The van der Waals surface area contributed by atoms with E-state index in [0.717, 1.165) is 0 Å². The minimum absolute atomic E-state index is 0.0393. The lowest BCUT2D eigenvalue weighted by Crippen LogP contribution is -2.55. The maximum atomic E-state index is 12.0. The number of carbonyl (C=O) groups excluding carboxylic acids is 2. The zero-order valence-electron chi connectivity index (χ0n) is 15.2. The first kappa shape index (κ1) is 22.9. The van der Waals surface area contributed by atoms with Crippen molar-refractivity contribution < 1.29 is 39.1 Å². The Balaban J connectivity index is 5.31. The molecule has 2 atom stereocenters. The van der Waals surface area contributed by atoms with Crippen LogP contribution in [0.5, 0.6) is 0 Å². The average Bonchev–Trinajstić information content (AvgIpc) is 2.52. The molecule has 0 saturated carbocycles. The van der Waals surface area contributed by atoms with Gasteiger partial charge in [0.05, 0.1) is 13.2 Å². The van der Waals surface area contributed by atoms with Crippen LogP contribution in [0.2, 0.25) is 0 Å². The van der Waals surface area contributed by atoms with E-state index >= 15 is 0 Å². The summed E-state index contributed by atoms with van der Waals surface area (Å²) in [6.45, 7) is 9.81. The molecule has 25 heavy (non-hydrogen) atoms. The molecule has 2 unspecified atom stereocenters. The topological polar surface area (TPSA) is 135 Å². The number of alkyl carbamates (subject to hydrolysis) is 1. The normalized spacial score (nSPS) is 16.8. The summed E-state index contributed by atoms with van der Waals surface area (Å²) in [5.41, 5.74) is -2.05. The van der Waals surface area contributed by atoms with Gasteiger partial charge in [-0.05, 0) is 32.8 Å². The highest BCUT2D eigenvalue weighted by atomic mass is 16.9. The Labute approximate surface area is 146 Å². The second kappa shape index (κ2) is 9.40. The molecule has 144 valence electrons. The first-order valence-corrected chi connectivity index (χ1v) is 7.71. The Hall–Kier alpha value is -2.10. The van der Waals surface area contributed by atoms with Crippen LogP contribution in [0.4, 0.5) is 4.79 Å². The molecule has 4 N–H and O–H groups in total. The monoisotopic (exact) mass is 361 g/mol. The lowest BCUT2D eigenvalue weighted by molar-refractivity contribution is -0.324. The molecule has 0 rings (SSSR count). The van der Waals surface area contributed by atoms with Crippen molar-refractivity contribution >= 4 is 12.1 Å². The molecule has 0 spiro atoms. The van der Waals surface area contributed by atoms with Gasteiger partial charge in [0.1, 0.15) is 5.76 Å². The average molecular weight is 361 g/mol. The number of amides is 1. The summed E-state index contributed by atoms with van der Waals surface area (Å²) in [7, 11) is 0. The van der Waals surface area contributed by atoms with Crippen molar-refractivity contribution in [2.45, 2.75) is 52.7 Å². The fourth-order valence-electron chi connectivity index (χ4n) is 1.65. The molecule has 0 heterocycles. The Morgan fingerprint density at radius 2 is 1.76 bits per heavy atom. The number of hydrogen-bond acceptors (Lipinski definition) is 8. The number of carbonyl (C=O) groups is 2. The third-order valence-electron chi connectivity index (χ3n) is 3.18. The van der Waals surface area contributed by atoms with Crippen LogP contribution in [-0.2, 0) is 19.0 Å². The van der Waals surface area contributed by atoms with Gasteiger partial charge in [0.25, 0.3) is 0 Å². The van der Waals surface area contributed by atoms with E-state index < -0.39 is 36.1 Å². The number of rotatable bonds is 9. The lowest BCUT2D eigenvalue weighted by atomic mass is 10.1. The lowest BCUT2D eigenvalue weighted by Gasteiger charge is -2.31. The van der Waals surface area contributed by atoms with Gasteiger partial charge in [-0.2, -0.15) is 0 Å². The number of nitrogens with one attached hydrogen (secondary N) is 1. The quantitative estimate of drug-likeness (QED) is 0.210. The minimum Gasteiger partial charge on any atom is -0.507 e. The van der Waals surface area contributed by atoms with Gasteiger partial charge in [-0.1, -0.05) is 13.5 Å². The third kappa shape index (κ3) is 6.73. The van der Waals surface area contributed by atoms with Crippen molar-refractivity contribution in [3.05, 3.63) is 23.5 Å². The van der Waals surface area contributed by atoms with Crippen LogP contribution < -0.4 is 5.32 Å². The number of allylic oxidation sites excluding steroid dienone is 1. The van der Waals surface area contributed by atoms with Crippen molar-refractivity contribution in [1.29, 1.82) is 0 Å². The number of aliphatic hydroxyl groups excluding tert-OH is 2. The SMILES string of the molecule is C=C(C)C(=O)OC(C)(OCC)OC(=O)NC(O)(CO)/C(O)=C(\C)CC. The highest BCUT2D eigenvalue weighted by Gasteiger charge is 2.40. The largest absolute Gasteiger partial charge is 0.507 e. The van der Waals surface area contributed by atoms with Gasteiger partial charge < -0.3 is 29.5 Å². The van der Waals surface area contributed by atoms with Crippen molar-refractivity contribution in [2.75, 3.05) is 13.2 Å². The summed E-state index contributed by atoms with van der Waals surface area (Å²) < 4.78 is 14.9. The molecule has 1 amide bonds. The predicted octanol–water partition coefficient (Wildman–Crippen LogP) is 1.46. The standard InChI is InChI=1S/C16H27NO8/c1-7-11(5)12(19)16(22,9-18)17-14(21)25-15(6,23-8-2)24-13(20)10(3)4/h18-19,22H,3,7-9H2,1-2,4-6H3,(H,17,21)/b12-11-. The van der Waals surface area contributed by atoms with Crippen LogP contribution in [0.3, 0.4) is 0 Å². The first-order valence-electron chi connectivity index (χ1n) is 7.71. The van der Waals surface area contributed by atoms with Crippen LogP contribution in [0.1, 0.15) is 41.0 Å². The summed E-state index contributed by atoms with van der Waals surface area (Å²) in [6, 6.07) is 0. The van der Waals surface area contributed by atoms with E-state index in [2.05, 4.69) is 6.58 Å². The molecule has 0 aromatic carbocycles. The summed E-state index contributed by atoms with van der Waals surface area (Å²) in [4.78, 5) is 23.7. The molecule has 0 aliphatic heterocycles. The summed E-state index contributed by atoms with van der Waals surface area (Å²) >= 11 is 0. The minimum atomic E-state index is -2.46. The Morgan fingerprint density at radius 1 is 1.20 bits per heavy atom. The molecular weight excluding hydrogens is 334 g/mol. The maximum Gasteiger partial charge on any atom is 0.414 e. The van der Waals surface area contributed by atoms with Crippen LogP contribution in [0.15, 0.2) is 23.5 Å². The molecular formula is C16H27NO8. The van der Waals surface area contributed by atoms with Crippen LogP contribution in [0, 0.1) is 0 Å². The Kier molecular flexibility index (Phi) is 8.61. The molecule has 0 aromatic heterocycles. The van der Waals surface area contributed by atoms with Crippen LogP contribution in [-0.4, -0.2) is 52.3 Å². The summed E-state index contributed by atoms with van der Waals surface area (Å²) in [5.74, 6) is -3.57. The fraction of sp³-hybridized carbons (Fsp3) is 0.625. The van der Waals surface area contributed by atoms with Gasteiger partial charge in [0.2, 0.25) is 5.72 Å². The molecule has 0 radical (unpaired) electrons. The van der Waals surface area contributed by atoms with Gasteiger partial charge in [0.15, 0.2) is 0 Å². The highest BCUT2D eigenvalue weighted by Crippen LogP contribution is 2.20. The zero-order valence-corrected chi connectivity index (χ0v) is 15.2. The number of hydrogen-bond donors (Lipinski definition) is 4. The smallest absolute Gasteiger partial charge is 0.414 e. The highest BCUT2D eigenvalue weighted by molar-refractivity contribution is 5.87. The van der Waals surface area contributed by atoms with Crippen LogP contribution >= 0.6 is 0 Å². The van der Waals surface area contributed by atoms with Crippen molar-refractivity contribution in [2.24, 2.45) is 0 Å². The second-order valence-electron chi connectivity index (χ2n) is 5.48. The predicted molar refractivity (Wildman–Crippen MR) is 88.2 cm³/mol. The van der Waals surface area contributed by atoms with Gasteiger partial charge >= 0.3 is 18.0 Å². The molecule has 0 aliphatic carbocycles. The number of aliphatic hydroxyl groups is 3. The first-order chi connectivity index (χ1) is 11.4. The van der Waals surface area contributed by atoms with Crippen molar-refractivity contribution in [3.8, 4) is 0 Å². The zero-order chi connectivity index (χ0) is 19.8. The summed E-state index contributed by atoms with van der Waals surface area (Å²) in [6.07, 6.45) is -0.921. The van der Waals surface area contributed by atoms with E-state index in [1.165, 1.54) is 20.8 Å². The Morgan fingerprint density at radius 3 is 2.16 bits per heavy atom. The molecule has 0 fully saturated rings. The van der Waals surface area contributed by atoms with E-state index in [1.54, 1.807) is 13.8 Å². The van der Waals surface area contributed by atoms with Gasteiger partial charge in [-0.25, -0.2) is 9.59 Å². The van der Waals surface area contributed by atoms with E-state index in [-0.39, 0.29) is 12.2 Å².